The van der Waals surface area contributed by atoms with Crippen molar-refractivity contribution in [1.29, 1.82) is 0 Å². The van der Waals surface area contributed by atoms with Gasteiger partial charge in [0.15, 0.2) is 5.11 Å². The van der Waals surface area contributed by atoms with Crippen molar-refractivity contribution < 1.29 is 19.1 Å². The maximum Gasteiger partial charge on any atom is 0.270 e. The summed E-state index contributed by atoms with van der Waals surface area (Å²) in [5.74, 6) is -0.0554. The number of anilines is 1. The van der Waals surface area contributed by atoms with Gasteiger partial charge in [0.1, 0.15) is 17.1 Å². The zero-order valence-corrected chi connectivity index (χ0v) is 19.4. The number of para-hydroxylation sites is 2. The van der Waals surface area contributed by atoms with Crippen LogP contribution in [0.4, 0.5) is 5.69 Å². The monoisotopic (exact) mass is 481 g/mol. The molecule has 1 aliphatic heterocycles. The first-order valence-electron chi connectivity index (χ1n) is 10.8. The van der Waals surface area contributed by atoms with Crippen molar-refractivity contribution in [1.82, 2.24) is 9.88 Å². The number of thiocarbonyl (C=S) groups is 1. The van der Waals surface area contributed by atoms with E-state index in [4.69, 9.17) is 17.0 Å². The van der Waals surface area contributed by atoms with Crippen LogP contribution >= 0.6 is 12.2 Å². The molecule has 0 saturated carbocycles. The third-order valence-corrected chi connectivity index (χ3v) is 5.84. The Hall–Kier alpha value is -4.56. The topological polar surface area (TPSA) is 80.6 Å². The predicted octanol–water partition coefficient (Wildman–Crippen LogP) is 4.93. The van der Waals surface area contributed by atoms with Crippen molar-refractivity contribution in [2.75, 3.05) is 4.90 Å². The van der Waals surface area contributed by atoms with E-state index in [1.807, 2.05) is 54.6 Å². The van der Waals surface area contributed by atoms with Crippen molar-refractivity contribution in [3.8, 4) is 11.5 Å². The molecule has 1 fully saturated rings. The van der Waals surface area contributed by atoms with E-state index in [2.05, 4.69) is 5.32 Å². The standard InChI is InChI=1S/C27H19N3O4S/c1-17(31)29-16-18(22-9-5-6-10-24(22)29)15-23-25(32)28-27(35)30(26(23)33)19-11-13-21(14-12-19)34-20-7-3-2-4-8-20/h2-16H,1H3,(H,28,32,35)/b23-15-. The number of hydrogen-bond donors (Lipinski definition) is 1. The quantitative estimate of drug-likeness (QED) is 0.254. The van der Waals surface area contributed by atoms with Crippen LogP contribution in [0.15, 0.2) is 90.6 Å². The average Bonchev–Trinajstić information content (AvgIpc) is 3.22. The van der Waals surface area contributed by atoms with E-state index in [0.717, 1.165) is 5.39 Å². The van der Waals surface area contributed by atoms with Crippen molar-refractivity contribution in [3.05, 3.63) is 96.2 Å². The van der Waals surface area contributed by atoms with Gasteiger partial charge in [-0.05, 0) is 60.8 Å². The lowest BCUT2D eigenvalue weighted by Crippen LogP contribution is -2.54. The van der Waals surface area contributed by atoms with Crippen molar-refractivity contribution in [3.63, 3.8) is 0 Å². The fourth-order valence-corrected chi connectivity index (χ4v) is 4.20. The highest BCUT2D eigenvalue weighted by Crippen LogP contribution is 2.28. The molecule has 0 bridgehead atoms. The van der Waals surface area contributed by atoms with Gasteiger partial charge in [0, 0.05) is 24.1 Å². The summed E-state index contributed by atoms with van der Waals surface area (Å²) >= 11 is 5.30. The Morgan fingerprint density at radius 2 is 1.57 bits per heavy atom. The van der Waals surface area contributed by atoms with E-state index in [1.54, 1.807) is 30.5 Å². The minimum absolute atomic E-state index is 0.0139. The molecule has 4 aromatic rings. The zero-order chi connectivity index (χ0) is 24.5. The van der Waals surface area contributed by atoms with Crippen LogP contribution in [-0.2, 0) is 9.59 Å². The fourth-order valence-electron chi connectivity index (χ4n) is 3.92. The van der Waals surface area contributed by atoms with Crippen LogP contribution in [-0.4, -0.2) is 27.4 Å². The summed E-state index contributed by atoms with van der Waals surface area (Å²) in [4.78, 5) is 39.5. The molecule has 3 aromatic carbocycles. The van der Waals surface area contributed by atoms with Crippen LogP contribution in [0.2, 0.25) is 0 Å². The van der Waals surface area contributed by atoms with Crippen LogP contribution in [0, 0.1) is 0 Å². The third kappa shape index (κ3) is 4.22. The van der Waals surface area contributed by atoms with Gasteiger partial charge in [-0.25, -0.2) is 0 Å². The number of nitrogens with zero attached hydrogens (tertiary/aromatic N) is 2. The molecule has 7 nitrogen and oxygen atoms in total. The van der Waals surface area contributed by atoms with Crippen LogP contribution in [0.5, 0.6) is 11.5 Å². The number of aromatic nitrogens is 1. The van der Waals surface area contributed by atoms with Gasteiger partial charge in [0.2, 0.25) is 5.91 Å². The summed E-state index contributed by atoms with van der Waals surface area (Å²) in [6, 6.07) is 23.5. The molecule has 1 saturated heterocycles. The molecule has 172 valence electrons. The predicted molar refractivity (Wildman–Crippen MR) is 137 cm³/mol. The Balaban J connectivity index is 1.48. The van der Waals surface area contributed by atoms with Crippen molar-refractivity contribution >= 4 is 57.7 Å². The largest absolute Gasteiger partial charge is 0.457 e. The first-order valence-corrected chi connectivity index (χ1v) is 11.2. The Bertz CT molecular complexity index is 1520. The molecule has 1 aliphatic rings. The molecule has 2 amide bonds. The van der Waals surface area contributed by atoms with E-state index in [0.29, 0.717) is 28.3 Å². The molecule has 0 spiro atoms. The van der Waals surface area contributed by atoms with Gasteiger partial charge in [-0.2, -0.15) is 0 Å². The number of ether oxygens (including phenoxy) is 1. The SMILES string of the molecule is CC(=O)n1cc(/C=C2/C(=O)NC(=S)N(c3ccc(Oc4ccccc4)cc3)C2=O)c2ccccc21. The van der Waals surface area contributed by atoms with E-state index in [-0.39, 0.29) is 16.6 Å². The molecule has 0 unspecified atom stereocenters. The second-order valence-corrected chi connectivity index (χ2v) is 8.24. The molecule has 5 rings (SSSR count). The minimum Gasteiger partial charge on any atom is -0.457 e. The molecular formula is C27H19N3O4S. The number of fused-ring (bicyclic) bond motifs is 1. The molecule has 0 radical (unpaired) electrons. The maximum atomic E-state index is 13.4. The molecule has 1 aromatic heterocycles. The van der Waals surface area contributed by atoms with Crippen molar-refractivity contribution in [2.45, 2.75) is 6.92 Å². The van der Waals surface area contributed by atoms with E-state index >= 15 is 0 Å². The van der Waals surface area contributed by atoms with Crippen LogP contribution in [0.3, 0.4) is 0 Å². The lowest BCUT2D eigenvalue weighted by Gasteiger charge is -2.29. The number of benzene rings is 3. The van der Waals surface area contributed by atoms with Gasteiger partial charge < -0.3 is 4.74 Å². The lowest BCUT2D eigenvalue weighted by molar-refractivity contribution is -0.122. The molecule has 0 atom stereocenters. The van der Waals surface area contributed by atoms with Crippen molar-refractivity contribution in [2.24, 2.45) is 0 Å². The number of amides is 2. The molecule has 0 aliphatic carbocycles. The minimum atomic E-state index is -0.597. The fraction of sp³-hybridized carbons (Fsp3) is 0.0370. The third-order valence-electron chi connectivity index (χ3n) is 5.56. The normalized spacial score (nSPS) is 14.9. The second kappa shape index (κ2) is 9.00. The molecule has 1 N–H and O–H groups in total. The molecular weight excluding hydrogens is 462 g/mol. The summed E-state index contributed by atoms with van der Waals surface area (Å²) in [5.41, 5.74) is 1.66. The highest BCUT2D eigenvalue weighted by Gasteiger charge is 2.34. The molecule has 2 heterocycles. The maximum absolute atomic E-state index is 13.4. The van der Waals surface area contributed by atoms with Crippen LogP contribution in [0.1, 0.15) is 17.3 Å². The van der Waals surface area contributed by atoms with E-state index in [1.165, 1.54) is 22.5 Å². The van der Waals surface area contributed by atoms with Gasteiger partial charge in [-0.15, -0.1) is 0 Å². The summed E-state index contributed by atoms with van der Waals surface area (Å²) in [6.07, 6.45) is 3.11. The van der Waals surface area contributed by atoms with Crippen LogP contribution in [0.25, 0.3) is 17.0 Å². The lowest BCUT2D eigenvalue weighted by atomic mass is 10.1. The van der Waals surface area contributed by atoms with E-state index in [9.17, 15) is 14.4 Å². The van der Waals surface area contributed by atoms with Gasteiger partial charge in [0.05, 0.1) is 11.2 Å². The number of hydrogen-bond acceptors (Lipinski definition) is 5. The van der Waals surface area contributed by atoms with Gasteiger partial charge in [0.25, 0.3) is 11.8 Å². The zero-order valence-electron chi connectivity index (χ0n) is 18.6. The Labute approximate surface area is 206 Å². The average molecular weight is 482 g/mol. The van der Waals surface area contributed by atoms with Gasteiger partial charge in [-0.1, -0.05) is 36.4 Å². The summed E-state index contributed by atoms with van der Waals surface area (Å²) in [7, 11) is 0. The number of rotatable bonds is 4. The highest BCUT2D eigenvalue weighted by atomic mass is 32.1. The Morgan fingerprint density at radius 3 is 2.29 bits per heavy atom. The number of carbonyl (C=O) groups is 3. The Kier molecular flexibility index (Phi) is 5.72. The second-order valence-electron chi connectivity index (χ2n) is 7.86. The molecule has 8 heteroatoms. The summed E-state index contributed by atoms with van der Waals surface area (Å²) in [6.45, 7) is 1.45. The number of nitrogens with one attached hydrogen (secondary N) is 1. The highest BCUT2D eigenvalue weighted by molar-refractivity contribution is 7.80. The smallest absolute Gasteiger partial charge is 0.270 e. The summed E-state index contributed by atoms with van der Waals surface area (Å²) < 4.78 is 7.29. The number of carbonyl (C=O) groups excluding carboxylic acids is 3. The first kappa shape index (κ1) is 22.2. The summed E-state index contributed by atoms with van der Waals surface area (Å²) in [5, 5.41) is 3.32. The van der Waals surface area contributed by atoms with E-state index < -0.39 is 11.8 Å². The van der Waals surface area contributed by atoms with Crippen LogP contribution < -0.4 is 15.0 Å². The van der Waals surface area contributed by atoms with Gasteiger partial charge in [-0.3, -0.25) is 29.2 Å². The first-order chi connectivity index (χ1) is 16.9. The molecule has 35 heavy (non-hydrogen) atoms. The Morgan fingerprint density at radius 1 is 0.914 bits per heavy atom. The van der Waals surface area contributed by atoms with Gasteiger partial charge >= 0.3 is 0 Å².